The molecule has 0 heterocycles. The van der Waals surface area contributed by atoms with Gasteiger partial charge in [-0.05, 0) is 63.5 Å². The quantitative estimate of drug-likeness (QED) is 0.336. The van der Waals surface area contributed by atoms with Gasteiger partial charge in [-0.1, -0.05) is 55.4 Å². The van der Waals surface area contributed by atoms with E-state index in [0.29, 0.717) is 0 Å². The molecule has 0 aliphatic heterocycles. The highest BCUT2D eigenvalue weighted by Gasteiger charge is 2.26. The molecule has 0 aromatic carbocycles. The van der Waals surface area contributed by atoms with Gasteiger partial charge in [0.2, 0.25) is 0 Å². The Bertz CT molecular complexity index is 682. The monoisotopic (exact) mass is 356 g/mol. The van der Waals surface area contributed by atoms with Crippen LogP contribution in [0.2, 0.25) is 0 Å². The molecule has 0 bridgehead atoms. The third-order valence-corrected chi connectivity index (χ3v) is 4.54. The summed E-state index contributed by atoms with van der Waals surface area (Å²) in [7, 11) is 0. The van der Waals surface area contributed by atoms with Crippen molar-refractivity contribution in [3.63, 3.8) is 0 Å². The van der Waals surface area contributed by atoms with Gasteiger partial charge in [0, 0.05) is 6.08 Å². The van der Waals surface area contributed by atoms with E-state index in [0.717, 1.165) is 11.1 Å². The summed E-state index contributed by atoms with van der Waals surface area (Å²) in [6.07, 6.45) is 15.3. The van der Waals surface area contributed by atoms with Crippen LogP contribution in [0.3, 0.4) is 0 Å². The minimum atomic E-state index is -0.495. The maximum Gasteiger partial charge on any atom is 0.331 e. The minimum absolute atomic E-state index is 0.170. The number of rotatable bonds is 7. The lowest BCUT2D eigenvalue weighted by Gasteiger charge is -2.32. The fourth-order valence-corrected chi connectivity index (χ4v) is 3.08. The number of hydrogen-bond acceptors (Lipinski definition) is 3. The lowest BCUT2D eigenvalue weighted by molar-refractivity contribution is -0.142. The van der Waals surface area contributed by atoms with Gasteiger partial charge in [0.1, 0.15) is 6.61 Å². The molecular weight excluding hydrogens is 324 g/mol. The van der Waals surface area contributed by atoms with Gasteiger partial charge in [-0.25, -0.2) is 4.79 Å². The van der Waals surface area contributed by atoms with Crippen molar-refractivity contribution in [1.82, 2.24) is 0 Å². The Balaban J connectivity index is 2.69. The topological polar surface area (TPSA) is 43.4 Å². The normalized spacial score (nSPS) is 18.7. The Hall–Kier alpha value is -2.16. The van der Waals surface area contributed by atoms with Crippen LogP contribution < -0.4 is 0 Å². The molecule has 142 valence electrons. The molecule has 3 nitrogen and oxygen atoms in total. The number of hydrogen-bond donors (Lipinski definition) is 0. The summed E-state index contributed by atoms with van der Waals surface area (Å²) < 4.78 is 4.81. The van der Waals surface area contributed by atoms with Crippen molar-refractivity contribution >= 4 is 11.8 Å². The SMILES string of the molecule is CC(=O)COC(=O)/C=C(C)/C=C/C=C(C)\C=C\C1=C(C)CCCC1(C)C. The molecule has 0 atom stereocenters. The second-order valence-corrected chi connectivity index (χ2v) is 7.73. The molecule has 0 aromatic heterocycles. The van der Waals surface area contributed by atoms with Crippen molar-refractivity contribution in [2.24, 2.45) is 5.41 Å². The highest BCUT2D eigenvalue weighted by Crippen LogP contribution is 2.40. The Morgan fingerprint density at radius 3 is 2.42 bits per heavy atom. The molecule has 1 aliphatic rings. The van der Waals surface area contributed by atoms with Crippen LogP contribution in [-0.2, 0) is 14.3 Å². The second kappa shape index (κ2) is 10.1. The zero-order valence-corrected chi connectivity index (χ0v) is 17.0. The van der Waals surface area contributed by atoms with Crippen LogP contribution in [0.25, 0.3) is 0 Å². The second-order valence-electron chi connectivity index (χ2n) is 7.73. The Morgan fingerprint density at radius 2 is 1.81 bits per heavy atom. The van der Waals surface area contributed by atoms with Crippen LogP contribution in [0, 0.1) is 5.41 Å². The zero-order chi connectivity index (χ0) is 19.7. The van der Waals surface area contributed by atoms with Crippen molar-refractivity contribution < 1.29 is 14.3 Å². The molecule has 3 heteroatoms. The summed E-state index contributed by atoms with van der Waals surface area (Å²) in [5.74, 6) is -0.665. The van der Waals surface area contributed by atoms with E-state index < -0.39 is 5.97 Å². The Morgan fingerprint density at radius 1 is 1.12 bits per heavy atom. The minimum Gasteiger partial charge on any atom is -0.455 e. The lowest BCUT2D eigenvalue weighted by Crippen LogP contribution is -2.19. The third-order valence-electron chi connectivity index (χ3n) is 4.54. The van der Waals surface area contributed by atoms with Crippen molar-refractivity contribution in [2.75, 3.05) is 6.61 Å². The molecule has 0 amide bonds. The fraction of sp³-hybridized carbons (Fsp3) is 0.478. The van der Waals surface area contributed by atoms with Crippen LogP contribution in [0.4, 0.5) is 0 Å². The summed E-state index contributed by atoms with van der Waals surface area (Å²) in [5, 5.41) is 0. The number of esters is 1. The number of Topliss-reactive ketones (excluding diaryl/α,β-unsaturated/α-hetero) is 1. The van der Waals surface area contributed by atoms with E-state index in [1.807, 2.05) is 25.2 Å². The van der Waals surface area contributed by atoms with Gasteiger partial charge in [-0.15, -0.1) is 0 Å². The highest BCUT2D eigenvalue weighted by atomic mass is 16.5. The molecule has 0 N–H and O–H groups in total. The predicted octanol–water partition coefficient (Wildman–Crippen LogP) is 5.65. The fourth-order valence-electron chi connectivity index (χ4n) is 3.08. The average molecular weight is 357 g/mol. The third kappa shape index (κ3) is 7.81. The van der Waals surface area contributed by atoms with Gasteiger partial charge >= 0.3 is 5.97 Å². The smallest absolute Gasteiger partial charge is 0.331 e. The number of ketones is 1. The number of ether oxygens (including phenoxy) is 1. The standard InChI is InChI=1S/C23H32O3/c1-17(12-13-21-19(3)11-8-14-23(21,5)6)9-7-10-18(2)15-22(25)26-16-20(4)24/h7,9-10,12-13,15H,8,11,14,16H2,1-6H3/b10-7+,13-12+,17-9-,18-15+. The van der Waals surface area contributed by atoms with Crippen LogP contribution in [0.1, 0.15) is 60.8 Å². The molecular formula is C23H32O3. The van der Waals surface area contributed by atoms with E-state index in [9.17, 15) is 9.59 Å². The van der Waals surface area contributed by atoms with E-state index >= 15 is 0 Å². The first-order valence-corrected chi connectivity index (χ1v) is 9.19. The summed E-state index contributed by atoms with van der Waals surface area (Å²) in [4.78, 5) is 22.3. The van der Waals surface area contributed by atoms with Crippen LogP contribution in [-0.4, -0.2) is 18.4 Å². The van der Waals surface area contributed by atoms with Gasteiger partial charge in [0.15, 0.2) is 5.78 Å². The van der Waals surface area contributed by atoms with E-state index in [4.69, 9.17) is 4.74 Å². The Kier molecular flexibility index (Phi) is 8.50. The van der Waals surface area contributed by atoms with E-state index in [2.05, 4.69) is 39.8 Å². The molecule has 1 aliphatic carbocycles. The van der Waals surface area contributed by atoms with E-state index in [1.165, 1.54) is 43.4 Å². The van der Waals surface area contributed by atoms with Gasteiger partial charge in [0.25, 0.3) is 0 Å². The molecule has 0 fully saturated rings. The molecule has 0 saturated heterocycles. The highest BCUT2D eigenvalue weighted by molar-refractivity contribution is 5.86. The predicted molar refractivity (Wildman–Crippen MR) is 108 cm³/mol. The molecule has 0 spiro atoms. The van der Waals surface area contributed by atoms with Gasteiger partial charge in [-0.2, -0.15) is 0 Å². The summed E-state index contributed by atoms with van der Waals surface area (Å²) in [5.41, 5.74) is 5.11. The Labute approximate surface area is 158 Å². The largest absolute Gasteiger partial charge is 0.455 e. The molecule has 1 rings (SSSR count). The molecule has 26 heavy (non-hydrogen) atoms. The first-order valence-electron chi connectivity index (χ1n) is 9.19. The van der Waals surface area contributed by atoms with E-state index in [-0.39, 0.29) is 17.8 Å². The maximum absolute atomic E-state index is 11.5. The van der Waals surface area contributed by atoms with Crippen LogP contribution >= 0.6 is 0 Å². The van der Waals surface area contributed by atoms with Crippen molar-refractivity contribution in [3.8, 4) is 0 Å². The van der Waals surface area contributed by atoms with E-state index in [1.54, 1.807) is 0 Å². The first kappa shape index (κ1) is 21.9. The van der Waals surface area contributed by atoms with Crippen LogP contribution in [0.5, 0.6) is 0 Å². The summed E-state index contributed by atoms with van der Waals surface area (Å²) in [6.45, 7) is 12.0. The summed E-state index contributed by atoms with van der Waals surface area (Å²) >= 11 is 0. The average Bonchev–Trinajstić information content (AvgIpc) is 2.51. The van der Waals surface area contributed by atoms with Gasteiger partial charge < -0.3 is 4.74 Å². The molecule has 0 aromatic rings. The van der Waals surface area contributed by atoms with Gasteiger partial charge in [-0.3, -0.25) is 4.79 Å². The van der Waals surface area contributed by atoms with Crippen molar-refractivity contribution in [3.05, 3.63) is 58.7 Å². The van der Waals surface area contributed by atoms with Gasteiger partial charge in [0.05, 0.1) is 0 Å². The molecule has 0 saturated carbocycles. The van der Waals surface area contributed by atoms with Crippen molar-refractivity contribution in [2.45, 2.75) is 60.8 Å². The number of carbonyl (C=O) groups excluding carboxylic acids is 2. The van der Waals surface area contributed by atoms with Crippen molar-refractivity contribution in [1.29, 1.82) is 0 Å². The molecule has 0 unspecified atom stereocenters. The summed E-state index contributed by atoms with van der Waals surface area (Å²) in [6, 6.07) is 0. The lowest BCUT2D eigenvalue weighted by atomic mass is 9.72. The zero-order valence-electron chi connectivity index (χ0n) is 17.0. The maximum atomic E-state index is 11.5. The number of carbonyl (C=O) groups is 2. The molecule has 0 radical (unpaired) electrons. The number of allylic oxidation sites excluding steroid dienone is 9. The first-order chi connectivity index (χ1) is 12.1. The van der Waals surface area contributed by atoms with Crippen LogP contribution in [0.15, 0.2) is 58.7 Å².